The third kappa shape index (κ3) is 3.26. The Bertz CT molecular complexity index is 1710. The topological polar surface area (TPSA) is 180 Å². The van der Waals surface area contributed by atoms with Crippen LogP contribution in [0.4, 0.5) is 0 Å². The van der Waals surface area contributed by atoms with Crippen molar-refractivity contribution >= 4 is 68.5 Å². The van der Waals surface area contributed by atoms with E-state index in [4.69, 9.17) is 0 Å². The van der Waals surface area contributed by atoms with E-state index in [1.54, 1.807) is 0 Å². The summed E-state index contributed by atoms with van der Waals surface area (Å²) in [6.07, 6.45) is 0. The number of rotatable bonds is 4. The van der Waals surface area contributed by atoms with Crippen molar-refractivity contribution < 1.29 is 43.7 Å². The lowest BCUT2D eigenvalue weighted by atomic mass is 9.91. The van der Waals surface area contributed by atoms with Crippen molar-refractivity contribution in [2.45, 2.75) is 21.6 Å². The Kier molecular flexibility index (Phi) is 4.46. The molecule has 0 aliphatic heterocycles. The van der Waals surface area contributed by atoms with Crippen LogP contribution in [0.2, 0.25) is 0 Å². The highest BCUT2D eigenvalue weighted by atomic mass is 32.2. The second-order valence-corrected chi connectivity index (χ2v) is 11.0. The Morgan fingerprint density at radius 1 is 0.613 bits per heavy atom. The number of ketones is 1. The highest BCUT2D eigenvalue weighted by Gasteiger charge is 2.28. The first-order valence-electron chi connectivity index (χ1n) is 8.34. The Morgan fingerprint density at radius 2 is 0.935 bits per heavy atom. The zero-order valence-electron chi connectivity index (χ0n) is 15.4. The molecule has 0 saturated heterocycles. The predicted octanol–water partition coefficient (Wildman–Crippen LogP) is 2.53. The summed E-state index contributed by atoms with van der Waals surface area (Å²) in [5.41, 5.74) is -0.125. The summed E-state index contributed by atoms with van der Waals surface area (Å²) < 4.78 is 101. The molecule has 0 unspecified atom stereocenters. The van der Waals surface area contributed by atoms with E-state index < -0.39 is 50.8 Å². The molecule has 4 rings (SSSR count). The first-order valence-corrected chi connectivity index (χ1v) is 12.7. The van der Waals surface area contributed by atoms with Crippen molar-refractivity contribution in [1.29, 1.82) is 0 Å². The molecule has 0 atom stereocenters. The van der Waals surface area contributed by atoms with E-state index in [1.807, 2.05) is 0 Å². The minimum Gasteiger partial charge on any atom is -0.294 e. The molecule has 0 fully saturated rings. The zero-order chi connectivity index (χ0) is 23.1. The van der Waals surface area contributed by atoms with Gasteiger partial charge in [-0.25, -0.2) is 0 Å². The lowest BCUT2D eigenvalue weighted by Gasteiger charge is -2.18. The average Bonchev–Trinajstić information content (AvgIpc) is 2.62. The minimum absolute atomic E-state index is 0.0364. The molecule has 0 spiro atoms. The van der Waals surface area contributed by atoms with Gasteiger partial charge in [0.25, 0.3) is 30.4 Å². The molecule has 4 aromatic rings. The van der Waals surface area contributed by atoms with Gasteiger partial charge in [0.15, 0.2) is 5.78 Å². The molecule has 0 aliphatic rings. The lowest BCUT2D eigenvalue weighted by molar-refractivity contribution is 0.101. The first kappa shape index (κ1) is 21.5. The van der Waals surface area contributed by atoms with Gasteiger partial charge in [-0.1, -0.05) is 24.3 Å². The molecule has 10 nitrogen and oxygen atoms in total. The van der Waals surface area contributed by atoms with Gasteiger partial charge in [-0.2, -0.15) is 25.3 Å². The van der Waals surface area contributed by atoms with Gasteiger partial charge >= 0.3 is 0 Å². The summed E-state index contributed by atoms with van der Waals surface area (Å²) in [5.74, 6) is -0.576. The Balaban J connectivity index is 2.49. The second-order valence-electron chi connectivity index (χ2n) is 6.85. The van der Waals surface area contributed by atoms with Gasteiger partial charge in [0.05, 0.1) is 0 Å². The fourth-order valence-electron chi connectivity index (χ4n) is 3.83. The van der Waals surface area contributed by atoms with Gasteiger partial charge in [-0.05, 0) is 29.8 Å². The SMILES string of the molecule is CC(=O)c1cc(S(=O)(=O)O)c2ccc3c(S(=O)(=O)O)cc(S(=O)(=O)O)c4ccc1c2c43. The van der Waals surface area contributed by atoms with Gasteiger partial charge in [0.1, 0.15) is 14.7 Å². The lowest BCUT2D eigenvalue weighted by Crippen LogP contribution is -2.08. The number of carbonyl (C=O) groups is 1. The maximum atomic E-state index is 12.2. The first-order chi connectivity index (χ1) is 14.1. The molecular formula is C18H12O10S3. The molecule has 13 heteroatoms. The second kappa shape index (κ2) is 6.41. The fraction of sp³-hybridized carbons (Fsp3) is 0.0556. The summed E-state index contributed by atoms with van der Waals surface area (Å²) in [4.78, 5) is 9.84. The quantitative estimate of drug-likeness (QED) is 0.221. The highest BCUT2D eigenvalue weighted by molar-refractivity contribution is 7.87. The summed E-state index contributed by atoms with van der Waals surface area (Å²) in [7, 11) is -14.8. The van der Waals surface area contributed by atoms with Crippen LogP contribution in [-0.4, -0.2) is 44.7 Å². The van der Waals surface area contributed by atoms with Gasteiger partial charge in [0.2, 0.25) is 0 Å². The Morgan fingerprint density at radius 3 is 1.29 bits per heavy atom. The Labute approximate surface area is 175 Å². The number of Topliss-reactive ketones (excluding diaryl/α,β-unsaturated/α-hetero) is 1. The van der Waals surface area contributed by atoms with E-state index in [0.29, 0.717) is 6.07 Å². The molecule has 0 aliphatic carbocycles. The molecule has 0 heterocycles. The van der Waals surface area contributed by atoms with Crippen LogP contribution in [0, 0.1) is 0 Å². The van der Waals surface area contributed by atoms with Crippen LogP contribution in [0.5, 0.6) is 0 Å². The third-order valence-electron chi connectivity index (χ3n) is 5.00. The average molecular weight is 484 g/mol. The van der Waals surface area contributed by atoms with Gasteiger partial charge in [0, 0.05) is 27.1 Å². The van der Waals surface area contributed by atoms with E-state index in [1.165, 1.54) is 18.2 Å². The van der Waals surface area contributed by atoms with Gasteiger partial charge in [-0.3, -0.25) is 18.5 Å². The van der Waals surface area contributed by atoms with Crippen LogP contribution in [0.25, 0.3) is 32.3 Å². The smallest absolute Gasteiger partial charge is 0.294 e. The molecule has 0 bridgehead atoms. The summed E-state index contributed by atoms with van der Waals surface area (Å²) in [6.45, 7) is 1.15. The molecule has 3 N–H and O–H groups in total. The van der Waals surface area contributed by atoms with Crippen molar-refractivity contribution in [3.8, 4) is 0 Å². The van der Waals surface area contributed by atoms with E-state index in [-0.39, 0.29) is 37.9 Å². The molecule has 162 valence electrons. The molecule has 0 radical (unpaired) electrons. The van der Waals surface area contributed by atoms with E-state index in [9.17, 15) is 43.7 Å². The highest BCUT2D eigenvalue weighted by Crippen LogP contribution is 2.43. The number of hydrogen-bond acceptors (Lipinski definition) is 7. The summed E-state index contributed by atoms with van der Waals surface area (Å²) >= 11 is 0. The molecular weight excluding hydrogens is 472 g/mol. The number of carbonyl (C=O) groups excluding carboxylic acids is 1. The van der Waals surface area contributed by atoms with Crippen LogP contribution in [-0.2, 0) is 30.4 Å². The maximum Gasteiger partial charge on any atom is 0.295 e. The van der Waals surface area contributed by atoms with E-state index in [0.717, 1.165) is 19.1 Å². The zero-order valence-corrected chi connectivity index (χ0v) is 17.8. The summed E-state index contributed by atoms with van der Waals surface area (Å²) in [6, 6.07) is 6.38. The third-order valence-corrected chi connectivity index (χ3v) is 7.68. The molecule has 0 saturated carbocycles. The van der Waals surface area contributed by atoms with E-state index in [2.05, 4.69) is 0 Å². The van der Waals surface area contributed by atoms with Crippen molar-refractivity contribution in [3.05, 3.63) is 42.0 Å². The molecule has 0 aromatic heterocycles. The molecule has 4 aromatic carbocycles. The van der Waals surface area contributed by atoms with Crippen LogP contribution < -0.4 is 0 Å². The van der Waals surface area contributed by atoms with Crippen molar-refractivity contribution in [1.82, 2.24) is 0 Å². The van der Waals surface area contributed by atoms with Crippen molar-refractivity contribution in [2.75, 3.05) is 0 Å². The molecule has 31 heavy (non-hydrogen) atoms. The standard InChI is InChI=1S/C18H12O10S3/c1-8(19)13-6-14(29(20,21)22)10-4-5-12-16(31(26,27)28)7-15(30(23,24)25)11-3-2-9(13)17(10)18(11)12/h2-7H,1H3,(H,20,21,22)(H,23,24,25)(H,26,27,28). The Hall–Kier alpha value is -2.68. The predicted molar refractivity (Wildman–Crippen MR) is 110 cm³/mol. The maximum absolute atomic E-state index is 12.2. The van der Waals surface area contributed by atoms with Crippen molar-refractivity contribution in [2.24, 2.45) is 0 Å². The van der Waals surface area contributed by atoms with Crippen LogP contribution in [0.15, 0.2) is 51.1 Å². The van der Waals surface area contributed by atoms with Crippen LogP contribution in [0.1, 0.15) is 17.3 Å². The largest absolute Gasteiger partial charge is 0.295 e. The summed E-state index contributed by atoms with van der Waals surface area (Å²) in [5, 5.41) is -0.484. The van der Waals surface area contributed by atoms with Crippen molar-refractivity contribution in [3.63, 3.8) is 0 Å². The van der Waals surface area contributed by atoms with Gasteiger partial charge < -0.3 is 0 Å². The van der Waals surface area contributed by atoms with Crippen LogP contribution in [0.3, 0.4) is 0 Å². The molecule has 0 amide bonds. The number of benzene rings is 4. The normalized spacial score (nSPS) is 13.4. The van der Waals surface area contributed by atoms with Crippen LogP contribution >= 0.6 is 0 Å². The fourth-order valence-corrected chi connectivity index (χ4v) is 6.05. The van der Waals surface area contributed by atoms with Gasteiger partial charge in [-0.15, -0.1) is 0 Å². The monoisotopic (exact) mass is 484 g/mol. The minimum atomic E-state index is -4.99. The van der Waals surface area contributed by atoms with E-state index >= 15 is 0 Å². The number of hydrogen-bond donors (Lipinski definition) is 3.